The van der Waals surface area contributed by atoms with E-state index in [1.807, 2.05) is 30.5 Å². The zero-order valence-corrected chi connectivity index (χ0v) is 19.4. The van der Waals surface area contributed by atoms with Crippen molar-refractivity contribution < 1.29 is 18.3 Å². The number of hydrogen-bond donors (Lipinski definition) is 3. The molecule has 176 valence electrons. The van der Waals surface area contributed by atoms with Crippen molar-refractivity contribution in [3.8, 4) is 11.5 Å². The van der Waals surface area contributed by atoms with Gasteiger partial charge < -0.3 is 23.3 Å². The fourth-order valence-electron chi connectivity index (χ4n) is 3.79. The first kappa shape index (κ1) is 22.2. The molecule has 35 heavy (non-hydrogen) atoms. The monoisotopic (exact) mass is 489 g/mol. The molecule has 0 saturated heterocycles. The third-order valence-electron chi connectivity index (χ3n) is 5.34. The summed E-state index contributed by atoms with van der Waals surface area (Å²) < 4.78 is 22.1. The van der Waals surface area contributed by atoms with E-state index < -0.39 is 0 Å². The number of hydrazone groups is 2. The van der Waals surface area contributed by atoms with Crippen LogP contribution in [0.3, 0.4) is 0 Å². The van der Waals surface area contributed by atoms with Gasteiger partial charge >= 0.3 is 0 Å². The summed E-state index contributed by atoms with van der Waals surface area (Å²) in [5.41, 5.74) is 7.68. The molecule has 0 aliphatic carbocycles. The smallest absolute Gasteiger partial charge is 0.207 e. The molecule has 3 heterocycles. The predicted octanol–water partition coefficient (Wildman–Crippen LogP) is 3.87. The van der Waals surface area contributed by atoms with Crippen LogP contribution in [0.25, 0.3) is 32.8 Å². The van der Waals surface area contributed by atoms with Crippen molar-refractivity contribution in [2.75, 3.05) is 14.2 Å². The Balaban J connectivity index is 1.34. The van der Waals surface area contributed by atoms with E-state index >= 15 is 0 Å². The van der Waals surface area contributed by atoms with Crippen molar-refractivity contribution >= 4 is 62.6 Å². The van der Waals surface area contributed by atoms with Gasteiger partial charge in [0.1, 0.15) is 17.4 Å². The molecule has 0 fully saturated rings. The highest BCUT2D eigenvalue weighted by molar-refractivity contribution is 7.80. The molecule has 0 radical (unpaired) electrons. The van der Waals surface area contributed by atoms with Gasteiger partial charge in [-0.15, -0.1) is 0 Å². The van der Waals surface area contributed by atoms with Gasteiger partial charge in [0.05, 0.1) is 43.9 Å². The minimum Gasteiger partial charge on any atom is -0.495 e. The van der Waals surface area contributed by atoms with E-state index in [2.05, 4.69) is 26.0 Å². The summed E-state index contributed by atoms with van der Waals surface area (Å²) in [7, 11) is 2.94. The fourth-order valence-corrected chi connectivity index (χ4v) is 3.90. The van der Waals surface area contributed by atoms with E-state index in [-0.39, 0.29) is 27.1 Å². The quantitative estimate of drug-likeness (QED) is 0.186. The number of nitrogens with one attached hydrogen (secondary N) is 3. The Labute approximate surface area is 203 Å². The number of rotatable bonds is 6. The number of para-hydroxylation sites is 1. The van der Waals surface area contributed by atoms with Gasteiger partial charge in [-0.3, -0.25) is 15.6 Å². The van der Waals surface area contributed by atoms with Crippen molar-refractivity contribution in [2.45, 2.75) is 0 Å². The molecule has 0 atom stereocenters. The molecule has 3 aromatic heterocycles. The van der Waals surface area contributed by atoms with E-state index in [1.54, 1.807) is 12.3 Å². The number of methoxy groups -OCH3 is 2. The number of nitrogens with zero attached hydrogens (tertiary/aromatic N) is 2. The number of H-pyrrole nitrogens is 1. The average molecular weight is 490 g/mol. The molecule has 0 unspecified atom stereocenters. The molecule has 0 amide bonds. The van der Waals surface area contributed by atoms with Crippen molar-refractivity contribution in [1.82, 2.24) is 15.8 Å². The number of aromatic nitrogens is 1. The predicted molar refractivity (Wildman–Crippen MR) is 138 cm³/mol. The minimum atomic E-state index is -0.355. The first-order valence-corrected chi connectivity index (χ1v) is 10.8. The maximum absolute atomic E-state index is 13.2. The summed E-state index contributed by atoms with van der Waals surface area (Å²) in [5, 5.41) is 10.1. The van der Waals surface area contributed by atoms with Gasteiger partial charge in [0.25, 0.3) is 0 Å². The summed E-state index contributed by atoms with van der Waals surface area (Å²) in [6.07, 6.45) is 7.56. The third kappa shape index (κ3) is 3.97. The van der Waals surface area contributed by atoms with Crippen molar-refractivity contribution in [3.63, 3.8) is 0 Å². The van der Waals surface area contributed by atoms with Gasteiger partial charge in [-0.2, -0.15) is 10.2 Å². The summed E-state index contributed by atoms with van der Waals surface area (Å²) in [4.78, 5) is 16.4. The highest BCUT2D eigenvalue weighted by Gasteiger charge is 2.23. The molecule has 5 rings (SSSR count). The van der Waals surface area contributed by atoms with Crippen LogP contribution in [0.5, 0.6) is 11.5 Å². The van der Waals surface area contributed by atoms with Crippen LogP contribution in [0, 0.1) is 0 Å². The van der Waals surface area contributed by atoms with Crippen LogP contribution in [-0.4, -0.2) is 36.7 Å². The van der Waals surface area contributed by atoms with Gasteiger partial charge in [-0.25, -0.2) is 0 Å². The van der Waals surface area contributed by atoms with Crippen LogP contribution in [0.15, 0.2) is 72.9 Å². The maximum Gasteiger partial charge on any atom is 0.207 e. The van der Waals surface area contributed by atoms with E-state index in [4.69, 9.17) is 30.5 Å². The lowest BCUT2D eigenvalue weighted by Gasteiger charge is -2.10. The second-order valence-electron chi connectivity index (χ2n) is 7.31. The minimum absolute atomic E-state index is 0.141. The third-order valence-corrected chi connectivity index (χ3v) is 5.52. The van der Waals surface area contributed by atoms with Gasteiger partial charge in [0, 0.05) is 22.7 Å². The molecule has 0 spiro atoms. The summed E-state index contributed by atoms with van der Waals surface area (Å²) in [6.45, 7) is 0. The number of aromatic amines is 1. The van der Waals surface area contributed by atoms with E-state index in [0.717, 1.165) is 16.5 Å². The first-order chi connectivity index (χ1) is 17.1. The van der Waals surface area contributed by atoms with Crippen LogP contribution in [0.2, 0.25) is 0 Å². The molecular formula is C24H19N5O5S. The van der Waals surface area contributed by atoms with Crippen LogP contribution in [-0.2, 0) is 0 Å². The van der Waals surface area contributed by atoms with E-state index in [0.29, 0.717) is 22.5 Å². The van der Waals surface area contributed by atoms with Gasteiger partial charge in [0.15, 0.2) is 11.2 Å². The Hall–Kier alpha value is -4.64. The molecule has 5 aromatic rings. The van der Waals surface area contributed by atoms with E-state index in [1.165, 1.54) is 33.0 Å². The fraction of sp³-hybridized carbons (Fsp3) is 0.0833. The molecular weight excluding hydrogens is 470 g/mol. The lowest BCUT2D eigenvalue weighted by Crippen LogP contribution is -2.28. The normalized spacial score (nSPS) is 11.7. The first-order valence-electron chi connectivity index (χ1n) is 10.4. The highest BCUT2D eigenvalue weighted by Crippen LogP contribution is 2.41. The Kier molecular flexibility index (Phi) is 5.90. The number of benzene rings is 2. The Bertz CT molecular complexity index is 1680. The Morgan fingerprint density at radius 1 is 0.971 bits per heavy atom. The topological polar surface area (TPSA) is 126 Å². The Morgan fingerprint density at radius 3 is 2.49 bits per heavy atom. The zero-order chi connectivity index (χ0) is 24.4. The van der Waals surface area contributed by atoms with Crippen LogP contribution >= 0.6 is 12.2 Å². The van der Waals surface area contributed by atoms with Crippen LogP contribution in [0.4, 0.5) is 0 Å². The molecule has 2 aromatic carbocycles. The van der Waals surface area contributed by atoms with E-state index in [9.17, 15) is 4.79 Å². The zero-order valence-electron chi connectivity index (χ0n) is 18.6. The molecule has 0 saturated carbocycles. The second kappa shape index (κ2) is 9.31. The van der Waals surface area contributed by atoms with Crippen molar-refractivity contribution in [1.29, 1.82) is 0 Å². The van der Waals surface area contributed by atoms with Crippen molar-refractivity contribution in [3.05, 3.63) is 70.4 Å². The summed E-state index contributed by atoms with van der Waals surface area (Å²) in [6, 6.07) is 9.57. The summed E-state index contributed by atoms with van der Waals surface area (Å²) >= 11 is 5.18. The van der Waals surface area contributed by atoms with Gasteiger partial charge in [0.2, 0.25) is 16.3 Å². The summed E-state index contributed by atoms with van der Waals surface area (Å²) in [5.74, 6) is 0.628. The number of furan rings is 1. The lowest BCUT2D eigenvalue weighted by molar-refractivity contribution is 0.400. The molecule has 3 N–H and O–H groups in total. The van der Waals surface area contributed by atoms with Gasteiger partial charge in [-0.05, 0) is 24.4 Å². The number of fused-ring (bicyclic) bond motifs is 3. The number of ether oxygens (including phenoxy) is 2. The highest BCUT2D eigenvalue weighted by atomic mass is 32.1. The number of thiocarbonyl (C=S) groups is 1. The SMILES string of the molecule is COc1c2occc2c(OC)c2c(=O)c(/C=N/NC(=S)N/N=C/c3c[nH]c4ccccc34)coc12. The standard InChI is InChI=1S/C24H19N5O5S/c1-31-20-16-7-8-33-21(16)23(32-2)22-18(20)19(30)14(12-34-22)11-27-29-24(35)28-26-10-13-9-25-17-6-4-3-5-15(13)17/h3-12,25H,1-2H3,(H2,28,29,35)/b26-10+,27-11+. The lowest BCUT2D eigenvalue weighted by atomic mass is 10.1. The average Bonchev–Trinajstić information content (AvgIpc) is 3.52. The van der Waals surface area contributed by atoms with Crippen molar-refractivity contribution in [2.24, 2.45) is 10.2 Å². The molecule has 0 aliphatic rings. The van der Waals surface area contributed by atoms with Crippen LogP contribution < -0.4 is 25.8 Å². The molecule has 11 heteroatoms. The second-order valence-corrected chi connectivity index (χ2v) is 7.72. The largest absolute Gasteiger partial charge is 0.495 e. The molecule has 10 nitrogen and oxygen atoms in total. The van der Waals surface area contributed by atoms with Crippen LogP contribution in [0.1, 0.15) is 11.1 Å². The number of hydrogen-bond acceptors (Lipinski definition) is 8. The molecule has 0 aliphatic heterocycles. The Morgan fingerprint density at radius 2 is 1.71 bits per heavy atom. The van der Waals surface area contributed by atoms with Gasteiger partial charge in [-0.1, -0.05) is 18.2 Å². The maximum atomic E-state index is 13.2. The molecule has 0 bridgehead atoms.